The van der Waals surface area contributed by atoms with Gasteiger partial charge in [-0.3, -0.25) is 4.79 Å². The minimum Gasteiger partial charge on any atom is -0.460 e. The summed E-state index contributed by atoms with van der Waals surface area (Å²) in [5, 5.41) is 0. The van der Waals surface area contributed by atoms with E-state index in [1.54, 1.807) is 0 Å². The molecule has 13 heavy (non-hydrogen) atoms. The fourth-order valence-corrected chi connectivity index (χ4v) is 0.696. The van der Waals surface area contributed by atoms with E-state index in [4.69, 9.17) is 9.47 Å². The fraction of sp³-hybridized carbons (Fsp3) is 0.900. The lowest BCUT2D eigenvalue weighted by Crippen LogP contribution is -2.24. The molecule has 0 heterocycles. The number of carbonyl (C=O) groups excluding carboxylic acids is 1. The summed E-state index contributed by atoms with van der Waals surface area (Å²) >= 11 is 0. The Morgan fingerprint density at radius 3 is 2.08 bits per heavy atom. The second kappa shape index (κ2) is 5.97. The third-order valence-electron chi connectivity index (χ3n) is 1.45. The molecule has 0 aliphatic carbocycles. The maximum Gasteiger partial charge on any atom is 0.308 e. The minimum atomic E-state index is -0.167. The standard InChI is InChI=1S/C10H20O3/c1-7(2)10(11)13-9(5)6-12-8(3)4/h7-9H,6H2,1-5H3. The molecule has 0 radical (unpaired) electrons. The molecule has 0 aromatic carbocycles. The van der Waals surface area contributed by atoms with Crippen LogP contribution in [-0.2, 0) is 14.3 Å². The third kappa shape index (κ3) is 6.58. The molecule has 0 fully saturated rings. The summed E-state index contributed by atoms with van der Waals surface area (Å²) in [5.74, 6) is -0.235. The van der Waals surface area contributed by atoms with Gasteiger partial charge >= 0.3 is 5.97 Å². The Morgan fingerprint density at radius 2 is 1.69 bits per heavy atom. The molecule has 0 spiro atoms. The summed E-state index contributed by atoms with van der Waals surface area (Å²) in [5.41, 5.74) is 0. The van der Waals surface area contributed by atoms with Gasteiger partial charge in [0.2, 0.25) is 0 Å². The van der Waals surface area contributed by atoms with Crippen LogP contribution in [0.1, 0.15) is 34.6 Å². The number of carbonyl (C=O) groups is 1. The van der Waals surface area contributed by atoms with E-state index >= 15 is 0 Å². The first-order chi connectivity index (χ1) is 5.93. The van der Waals surface area contributed by atoms with Gasteiger partial charge in [0.25, 0.3) is 0 Å². The van der Waals surface area contributed by atoms with Crippen molar-refractivity contribution in [2.75, 3.05) is 6.61 Å². The van der Waals surface area contributed by atoms with E-state index in [0.717, 1.165) is 0 Å². The van der Waals surface area contributed by atoms with Crippen LogP contribution in [0.3, 0.4) is 0 Å². The molecular weight excluding hydrogens is 168 g/mol. The topological polar surface area (TPSA) is 35.5 Å². The van der Waals surface area contributed by atoms with Crippen LogP contribution in [0.5, 0.6) is 0 Å². The van der Waals surface area contributed by atoms with E-state index in [0.29, 0.717) is 6.61 Å². The molecule has 0 bridgehead atoms. The van der Waals surface area contributed by atoms with Crippen LogP contribution < -0.4 is 0 Å². The van der Waals surface area contributed by atoms with Crippen molar-refractivity contribution >= 4 is 5.97 Å². The van der Waals surface area contributed by atoms with Gasteiger partial charge in [0.15, 0.2) is 0 Å². The van der Waals surface area contributed by atoms with Crippen molar-refractivity contribution < 1.29 is 14.3 Å². The molecule has 0 aromatic rings. The van der Waals surface area contributed by atoms with Crippen LogP contribution in [0.2, 0.25) is 0 Å². The average molecular weight is 188 g/mol. The van der Waals surface area contributed by atoms with E-state index in [2.05, 4.69) is 0 Å². The Bertz CT molecular complexity index is 152. The van der Waals surface area contributed by atoms with Gasteiger partial charge in [0.1, 0.15) is 6.10 Å². The van der Waals surface area contributed by atoms with Crippen LogP contribution in [0.15, 0.2) is 0 Å². The largest absolute Gasteiger partial charge is 0.460 e. The van der Waals surface area contributed by atoms with Crippen LogP contribution in [0.4, 0.5) is 0 Å². The van der Waals surface area contributed by atoms with Gasteiger partial charge in [0, 0.05) is 0 Å². The van der Waals surface area contributed by atoms with Gasteiger partial charge in [0.05, 0.1) is 18.6 Å². The van der Waals surface area contributed by atoms with Crippen molar-refractivity contribution in [2.45, 2.75) is 46.8 Å². The Kier molecular flexibility index (Phi) is 5.71. The molecule has 78 valence electrons. The van der Waals surface area contributed by atoms with Gasteiger partial charge < -0.3 is 9.47 Å². The molecular formula is C10H20O3. The zero-order valence-corrected chi connectivity index (χ0v) is 9.16. The lowest BCUT2D eigenvalue weighted by Gasteiger charge is -2.16. The van der Waals surface area contributed by atoms with Crippen LogP contribution in [0.25, 0.3) is 0 Å². The van der Waals surface area contributed by atoms with Crippen molar-refractivity contribution in [1.29, 1.82) is 0 Å². The molecule has 0 saturated carbocycles. The highest BCUT2D eigenvalue weighted by atomic mass is 16.6. The number of hydrogen-bond acceptors (Lipinski definition) is 3. The molecule has 3 nitrogen and oxygen atoms in total. The van der Waals surface area contributed by atoms with E-state index in [1.807, 2.05) is 34.6 Å². The van der Waals surface area contributed by atoms with E-state index in [-0.39, 0.29) is 24.1 Å². The van der Waals surface area contributed by atoms with Gasteiger partial charge in [-0.2, -0.15) is 0 Å². The highest BCUT2D eigenvalue weighted by molar-refractivity contribution is 5.71. The first kappa shape index (κ1) is 12.4. The average Bonchev–Trinajstić information content (AvgIpc) is 2.00. The number of esters is 1. The summed E-state index contributed by atoms with van der Waals surface area (Å²) in [6, 6.07) is 0. The highest BCUT2D eigenvalue weighted by Gasteiger charge is 2.13. The normalized spacial score (nSPS) is 13.5. The minimum absolute atomic E-state index is 0.0681. The van der Waals surface area contributed by atoms with Crippen molar-refractivity contribution in [3.05, 3.63) is 0 Å². The fourth-order valence-electron chi connectivity index (χ4n) is 0.696. The molecule has 0 rings (SSSR count). The summed E-state index contributed by atoms with van der Waals surface area (Å²) in [6.45, 7) is 9.85. The second-order valence-electron chi connectivity index (χ2n) is 3.78. The summed E-state index contributed by atoms with van der Waals surface area (Å²) in [6.07, 6.45) is 0.0255. The second-order valence-corrected chi connectivity index (χ2v) is 3.78. The Balaban J connectivity index is 3.62. The monoisotopic (exact) mass is 188 g/mol. The number of hydrogen-bond donors (Lipinski definition) is 0. The Morgan fingerprint density at radius 1 is 1.15 bits per heavy atom. The quantitative estimate of drug-likeness (QED) is 0.619. The first-order valence-electron chi connectivity index (χ1n) is 4.75. The molecule has 0 N–H and O–H groups in total. The van der Waals surface area contributed by atoms with E-state index in [1.165, 1.54) is 0 Å². The molecule has 1 atom stereocenters. The number of ether oxygens (including phenoxy) is 2. The summed E-state index contributed by atoms with van der Waals surface area (Å²) < 4.78 is 10.4. The molecule has 0 aliphatic heterocycles. The molecule has 0 saturated heterocycles. The lowest BCUT2D eigenvalue weighted by atomic mass is 10.2. The summed E-state index contributed by atoms with van der Waals surface area (Å²) in [7, 11) is 0. The third-order valence-corrected chi connectivity index (χ3v) is 1.45. The van der Waals surface area contributed by atoms with Crippen LogP contribution >= 0.6 is 0 Å². The van der Waals surface area contributed by atoms with Crippen molar-refractivity contribution in [3.63, 3.8) is 0 Å². The molecule has 0 aromatic heterocycles. The van der Waals surface area contributed by atoms with Crippen molar-refractivity contribution in [1.82, 2.24) is 0 Å². The van der Waals surface area contributed by atoms with Gasteiger partial charge in [-0.1, -0.05) is 13.8 Å². The zero-order valence-electron chi connectivity index (χ0n) is 9.16. The van der Waals surface area contributed by atoms with E-state index < -0.39 is 0 Å². The van der Waals surface area contributed by atoms with Crippen molar-refractivity contribution in [3.8, 4) is 0 Å². The molecule has 1 unspecified atom stereocenters. The number of rotatable bonds is 5. The van der Waals surface area contributed by atoms with Gasteiger partial charge in [-0.05, 0) is 20.8 Å². The van der Waals surface area contributed by atoms with E-state index in [9.17, 15) is 4.79 Å². The van der Waals surface area contributed by atoms with Gasteiger partial charge in [-0.15, -0.1) is 0 Å². The Labute approximate surface area is 80.4 Å². The first-order valence-corrected chi connectivity index (χ1v) is 4.75. The zero-order chi connectivity index (χ0) is 10.4. The predicted octanol–water partition coefficient (Wildman–Crippen LogP) is 2.00. The van der Waals surface area contributed by atoms with Gasteiger partial charge in [-0.25, -0.2) is 0 Å². The SMILES string of the molecule is CC(C)OCC(C)OC(=O)C(C)C. The molecule has 3 heteroatoms. The maximum absolute atomic E-state index is 11.1. The highest BCUT2D eigenvalue weighted by Crippen LogP contribution is 2.01. The Hall–Kier alpha value is -0.570. The predicted molar refractivity (Wildman–Crippen MR) is 51.5 cm³/mol. The van der Waals surface area contributed by atoms with Crippen LogP contribution in [0, 0.1) is 5.92 Å². The summed E-state index contributed by atoms with van der Waals surface area (Å²) in [4.78, 5) is 11.1. The molecule has 0 amide bonds. The van der Waals surface area contributed by atoms with Crippen LogP contribution in [-0.4, -0.2) is 24.8 Å². The molecule has 0 aliphatic rings. The maximum atomic E-state index is 11.1. The van der Waals surface area contributed by atoms with Crippen molar-refractivity contribution in [2.24, 2.45) is 5.92 Å². The lowest BCUT2D eigenvalue weighted by molar-refractivity contribution is -0.155. The smallest absolute Gasteiger partial charge is 0.308 e.